The van der Waals surface area contributed by atoms with E-state index in [2.05, 4.69) is 22.2 Å². The number of aromatic nitrogens is 1. The van der Waals surface area contributed by atoms with Gasteiger partial charge in [-0.2, -0.15) is 0 Å². The van der Waals surface area contributed by atoms with Gasteiger partial charge in [0, 0.05) is 25.2 Å². The van der Waals surface area contributed by atoms with Crippen molar-refractivity contribution < 1.29 is 9.32 Å². The number of amides is 1. The molecule has 0 radical (unpaired) electrons. The number of anilines is 1. The Bertz CT molecular complexity index is 957. The van der Waals surface area contributed by atoms with Crippen molar-refractivity contribution in [2.24, 2.45) is 5.92 Å². The molecule has 1 aromatic carbocycles. The molecule has 5 nitrogen and oxygen atoms in total. The molecule has 0 atom stereocenters. The van der Waals surface area contributed by atoms with Gasteiger partial charge in [-0.15, -0.1) is 11.3 Å². The third-order valence-corrected chi connectivity index (χ3v) is 6.61. The number of benzene rings is 1. The van der Waals surface area contributed by atoms with E-state index in [0.29, 0.717) is 12.5 Å². The van der Waals surface area contributed by atoms with E-state index in [0.717, 1.165) is 47.2 Å². The van der Waals surface area contributed by atoms with Crippen molar-refractivity contribution in [1.29, 1.82) is 0 Å². The van der Waals surface area contributed by atoms with Crippen LogP contribution in [0.2, 0.25) is 0 Å². The van der Waals surface area contributed by atoms with Gasteiger partial charge in [-0.25, -0.2) is 0 Å². The average molecular weight is 408 g/mol. The molecule has 1 amide bonds. The third-order valence-electron chi connectivity index (χ3n) is 5.75. The van der Waals surface area contributed by atoms with Gasteiger partial charge in [0.05, 0.1) is 17.0 Å². The van der Waals surface area contributed by atoms with Crippen LogP contribution in [-0.2, 0) is 6.54 Å². The van der Waals surface area contributed by atoms with Crippen LogP contribution in [0.5, 0.6) is 0 Å². The van der Waals surface area contributed by atoms with E-state index in [1.165, 1.54) is 37.0 Å². The largest absolute Gasteiger partial charge is 0.340 e. The number of rotatable bonds is 7. The summed E-state index contributed by atoms with van der Waals surface area (Å²) < 4.78 is 5.87. The Labute approximate surface area is 174 Å². The predicted octanol–water partition coefficient (Wildman–Crippen LogP) is 5.06. The predicted molar refractivity (Wildman–Crippen MR) is 115 cm³/mol. The van der Waals surface area contributed by atoms with Crippen molar-refractivity contribution in [3.8, 4) is 11.3 Å². The molecule has 2 aliphatic rings. The molecule has 1 aliphatic heterocycles. The Hall–Kier alpha value is -2.60. The second-order valence-electron chi connectivity index (χ2n) is 7.98. The summed E-state index contributed by atoms with van der Waals surface area (Å²) in [5, 5.41) is 6.41. The Morgan fingerprint density at radius 1 is 1.14 bits per heavy atom. The fourth-order valence-electron chi connectivity index (χ4n) is 4.01. The van der Waals surface area contributed by atoms with E-state index in [1.807, 2.05) is 40.6 Å². The first-order valence-corrected chi connectivity index (χ1v) is 11.3. The summed E-state index contributed by atoms with van der Waals surface area (Å²) in [6.07, 6.45) is 4.76. The van der Waals surface area contributed by atoms with Gasteiger partial charge in [-0.1, -0.05) is 41.6 Å². The van der Waals surface area contributed by atoms with E-state index in [4.69, 9.17) is 4.52 Å². The Morgan fingerprint density at radius 3 is 2.62 bits per heavy atom. The van der Waals surface area contributed by atoms with E-state index in [-0.39, 0.29) is 5.91 Å². The van der Waals surface area contributed by atoms with Crippen molar-refractivity contribution in [3.05, 3.63) is 58.3 Å². The highest BCUT2D eigenvalue weighted by atomic mass is 32.1. The fourth-order valence-corrected chi connectivity index (χ4v) is 4.70. The van der Waals surface area contributed by atoms with E-state index < -0.39 is 0 Å². The van der Waals surface area contributed by atoms with Crippen molar-refractivity contribution >= 4 is 23.1 Å². The molecule has 0 unspecified atom stereocenters. The highest BCUT2D eigenvalue weighted by molar-refractivity contribution is 7.12. The maximum atomic E-state index is 13.2. The summed E-state index contributed by atoms with van der Waals surface area (Å²) in [6, 6.07) is 14.0. The fraction of sp³-hybridized carbons (Fsp3) is 0.391. The van der Waals surface area contributed by atoms with E-state index in [9.17, 15) is 4.79 Å². The molecule has 1 aliphatic carbocycles. The van der Waals surface area contributed by atoms with Gasteiger partial charge in [-0.3, -0.25) is 4.79 Å². The molecule has 150 valence electrons. The number of nitrogens with zero attached hydrogens (tertiary/aromatic N) is 3. The molecule has 0 spiro atoms. The van der Waals surface area contributed by atoms with Crippen LogP contribution in [0.1, 0.15) is 40.9 Å². The number of carbonyl (C=O) groups is 1. The maximum absolute atomic E-state index is 13.2. The monoisotopic (exact) mass is 407 g/mol. The topological polar surface area (TPSA) is 49.6 Å². The first-order chi connectivity index (χ1) is 14.3. The molecule has 29 heavy (non-hydrogen) atoms. The molecule has 2 aromatic heterocycles. The molecule has 2 fully saturated rings. The zero-order valence-electron chi connectivity index (χ0n) is 16.4. The Morgan fingerprint density at radius 2 is 1.93 bits per heavy atom. The molecule has 3 aromatic rings. The molecule has 1 saturated heterocycles. The van der Waals surface area contributed by atoms with Crippen LogP contribution < -0.4 is 4.90 Å². The molecular formula is C23H25N3O2S. The maximum Gasteiger partial charge on any atom is 0.264 e. The number of hydrogen-bond donors (Lipinski definition) is 0. The standard InChI is InChI=1S/C23H25N3O2S/c27-22(20-9-6-14-29-20)26(15-17-10-11-17)16-19-21(18-7-2-1-3-8-18)24-28-23(19)25-12-4-5-13-25/h1-3,6-9,14,17H,4-5,10-13,15-16H2. The molecule has 6 heteroatoms. The second-order valence-corrected chi connectivity index (χ2v) is 8.93. The van der Waals surface area contributed by atoms with E-state index in [1.54, 1.807) is 0 Å². The summed E-state index contributed by atoms with van der Waals surface area (Å²) in [4.78, 5) is 18.3. The highest BCUT2D eigenvalue weighted by Gasteiger charge is 2.31. The first kappa shape index (κ1) is 18.4. The van der Waals surface area contributed by atoms with Gasteiger partial charge in [0.15, 0.2) is 0 Å². The first-order valence-electron chi connectivity index (χ1n) is 10.4. The van der Waals surface area contributed by atoms with Crippen LogP contribution in [0, 0.1) is 5.92 Å². The summed E-state index contributed by atoms with van der Waals surface area (Å²) in [6.45, 7) is 3.30. The zero-order valence-corrected chi connectivity index (χ0v) is 17.2. The van der Waals surface area contributed by atoms with Crippen LogP contribution in [0.25, 0.3) is 11.3 Å². The highest BCUT2D eigenvalue weighted by Crippen LogP contribution is 2.36. The van der Waals surface area contributed by atoms with Crippen LogP contribution >= 0.6 is 11.3 Å². The minimum atomic E-state index is 0.111. The van der Waals surface area contributed by atoms with Crippen LogP contribution in [0.4, 0.5) is 5.88 Å². The Balaban J connectivity index is 1.51. The van der Waals surface area contributed by atoms with Crippen molar-refractivity contribution in [2.75, 3.05) is 24.5 Å². The summed E-state index contributed by atoms with van der Waals surface area (Å²) in [5.74, 6) is 1.56. The lowest BCUT2D eigenvalue weighted by Gasteiger charge is -2.24. The zero-order chi connectivity index (χ0) is 19.6. The molecule has 3 heterocycles. The lowest BCUT2D eigenvalue weighted by molar-refractivity contribution is 0.0740. The Kier molecular flexibility index (Phi) is 5.10. The van der Waals surface area contributed by atoms with Crippen LogP contribution in [0.3, 0.4) is 0 Å². The third kappa shape index (κ3) is 3.94. The number of hydrogen-bond acceptors (Lipinski definition) is 5. The van der Waals surface area contributed by atoms with Crippen molar-refractivity contribution in [3.63, 3.8) is 0 Å². The van der Waals surface area contributed by atoms with Crippen molar-refractivity contribution in [2.45, 2.75) is 32.2 Å². The lowest BCUT2D eigenvalue weighted by atomic mass is 10.1. The minimum Gasteiger partial charge on any atom is -0.340 e. The summed E-state index contributed by atoms with van der Waals surface area (Å²) in [7, 11) is 0. The summed E-state index contributed by atoms with van der Waals surface area (Å²) >= 11 is 1.51. The van der Waals surface area contributed by atoms with Gasteiger partial charge < -0.3 is 14.3 Å². The summed E-state index contributed by atoms with van der Waals surface area (Å²) in [5.41, 5.74) is 2.92. The van der Waals surface area contributed by atoms with Gasteiger partial charge >= 0.3 is 0 Å². The smallest absolute Gasteiger partial charge is 0.264 e. The quantitative estimate of drug-likeness (QED) is 0.550. The number of thiophene rings is 1. The second kappa shape index (κ2) is 8.03. The van der Waals surface area contributed by atoms with Crippen LogP contribution in [-0.4, -0.2) is 35.6 Å². The molecule has 0 N–H and O–H groups in total. The number of carbonyl (C=O) groups excluding carboxylic acids is 1. The lowest BCUT2D eigenvalue weighted by Crippen LogP contribution is -2.32. The average Bonchev–Trinajstić information content (AvgIpc) is 3.18. The van der Waals surface area contributed by atoms with Gasteiger partial charge in [0.1, 0.15) is 5.69 Å². The van der Waals surface area contributed by atoms with Crippen molar-refractivity contribution in [1.82, 2.24) is 10.1 Å². The van der Waals surface area contributed by atoms with Gasteiger partial charge in [0.25, 0.3) is 5.91 Å². The minimum absolute atomic E-state index is 0.111. The SMILES string of the molecule is O=C(c1cccs1)N(Cc1c(-c2ccccc2)noc1N1CCCC1)CC1CC1. The van der Waals surface area contributed by atoms with Crippen LogP contribution in [0.15, 0.2) is 52.4 Å². The molecule has 5 rings (SSSR count). The normalized spacial score (nSPS) is 16.3. The molecule has 1 saturated carbocycles. The molecule has 0 bridgehead atoms. The van der Waals surface area contributed by atoms with E-state index >= 15 is 0 Å². The van der Waals surface area contributed by atoms with Gasteiger partial charge in [-0.05, 0) is 43.0 Å². The van der Waals surface area contributed by atoms with Gasteiger partial charge in [0.2, 0.25) is 5.88 Å². The molecular weight excluding hydrogens is 382 g/mol.